The van der Waals surface area contributed by atoms with Gasteiger partial charge in [-0.05, 0) is 40.2 Å². The van der Waals surface area contributed by atoms with Crippen molar-refractivity contribution in [2.45, 2.75) is 0 Å². The summed E-state index contributed by atoms with van der Waals surface area (Å²) in [6, 6.07) is 5.70. The van der Waals surface area contributed by atoms with Gasteiger partial charge in [-0.25, -0.2) is 9.18 Å². The monoisotopic (exact) mass is 298 g/mol. The predicted molar refractivity (Wildman–Crippen MR) is 63.3 cm³/mol. The van der Waals surface area contributed by atoms with Gasteiger partial charge in [0.2, 0.25) is 0 Å². The van der Waals surface area contributed by atoms with Crippen molar-refractivity contribution in [2.24, 2.45) is 7.05 Å². The lowest BCUT2D eigenvalue weighted by Crippen LogP contribution is -2.05. The summed E-state index contributed by atoms with van der Waals surface area (Å²) >= 11 is 3.20. The van der Waals surface area contributed by atoms with E-state index in [1.807, 2.05) is 0 Å². The SMILES string of the molecule is Cn1nc(-c2ccc(F)cc2)c(Br)c1C(=O)O. The van der Waals surface area contributed by atoms with E-state index in [2.05, 4.69) is 21.0 Å². The van der Waals surface area contributed by atoms with Crippen LogP contribution in [0.15, 0.2) is 28.7 Å². The van der Waals surface area contributed by atoms with Gasteiger partial charge in [-0.1, -0.05) is 0 Å². The molecule has 0 unspecified atom stereocenters. The first-order chi connectivity index (χ1) is 8.00. The maximum absolute atomic E-state index is 12.8. The minimum atomic E-state index is -1.07. The molecule has 4 nitrogen and oxygen atoms in total. The second kappa shape index (κ2) is 4.29. The maximum atomic E-state index is 12.8. The Bertz CT molecular complexity index is 578. The van der Waals surface area contributed by atoms with E-state index in [0.717, 1.165) is 0 Å². The van der Waals surface area contributed by atoms with E-state index in [-0.39, 0.29) is 11.5 Å². The van der Waals surface area contributed by atoms with Gasteiger partial charge in [-0.15, -0.1) is 0 Å². The Kier molecular flexibility index (Phi) is 2.97. The van der Waals surface area contributed by atoms with Crippen LogP contribution in [0, 0.1) is 5.82 Å². The summed E-state index contributed by atoms with van der Waals surface area (Å²) in [5.41, 5.74) is 1.19. The van der Waals surface area contributed by atoms with Crippen LogP contribution in [0.5, 0.6) is 0 Å². The van der Waals surface area contributed by atoms with E-state index in [0.29, 0.717) is 15.7 Å². The van der Waals surface area contributed by atoms with Crippen LogP contribution in [-0.2, 0) is 7.05 Å². The number of carboxylic acid groups (broad SMARTS) is 1. The molecule has 0 aliphatic rings. The summed E-state index contributed by atoms with van der Waals surface area (Å²) in [4.78, 5) is 11.0. The zero-order valence-corrected chi connectivity index (χ0v) is 10.4. The van der Waals surface area contributed by atoms with Crippen molar-refractivity contribution in [3.8, 4) is 11.3 Å². The summed E-state index contributed by atoms with van der Waals surface area (Å²) in [5.74, 6) is -1.42. The standard InChI is InChI=1S/C11H8BrFN2O2/c1-15-10(11(16)17)8(12)9(14-15)6-2-4-7(13)5-3-6/h2-5H,1H3,(H,16,17). The molecule has 88 valence electrons. The Hall–Kier alpha value is -1.69. The van der Waals surface area contributed by atoms with E-state index in [1.165, 1.54) is 16.8 Å². The van der Waals surface area contributed by atoms with Gasteiger partial charge in [0.05, 0.1) is 4.47 Å². The molecule has 1 aromatic heterocycles. The normalized spacial score (nSPS) is 10.5. The number of benzene rings is 1. The Balaban J connectivity index is 2.57. The lowest BCUT2D eigenvalue weighted by molar-refractivity contribution is 0.0684. The van der Waals surface area contributed by atoms with E-state index < -0.39 is 5.97 Å². The van der Waals surface area contributed by atoms with Crippen LogP contribution in [0.1, 0.15) is 10.5 Å². The molecule has 1 N–H and O–H groups in total. The number of hydrogen-bond donors (Lipinski definition) is 1. The fourth-order valence-corrected chi connectivity index (χ4v) is 2.26. The third-order valence-electron chi connectivity index (χ3n) is 2.31. The van der Waals surface area contributed by atoms with Gasteiger partial charge in [0.15, 0.2) is 5.69 Å². The minimum Gasteiger partial charge on any atom is -0.476 e. The molecule has 0 saturated heterocycles. The Morgan fingerprint density at radius 3 is 2.47 bits per heavy atom. The zero-order chi connectivity index (χ0) is 12.6. The first-order valence-electron chi connectivity index (χ1n) is 4.72. The zero-order valence-electron chi connectivity index (χ0n) is 8.82. The summed E-state index contributed by atoms with van der Waals surface area (Å²) in [7, 11) is 1.54. The highest BCUT2D eigenvalue weighted by Gasteiger charge is 2.20. The molecule has 1 heterocycles. The van der Waals surface area contributed by atoms with Crippen molar-refractivity contribution < 1.29 is 14.3 Å². The summed E-state index contributed by atoms with van der Waals surface area (Å²) in [6.07, 6.45) is 0. The molecule has 2 rings (SSSR count). The third-order valence-corrected chi connectivity index (χ3v) is 3.06. The fraction of sp³-hybridized carbons (Fsp3) is 0.0909. The number of aryl methyl sites for hydroxylation is 1. The van der Waals surface area contributed by atoms with Crippen molar-refractivity contribution in [3.63, 3.8) is 0 Å². The number of hydrogen-bond acceptors (Lipinski definition) is 2. The first kappa shape index (κ1) is 11.8. The smallest absolute Gasteiger partial charge is 0.355 e. The topological polar surface area (TPSA) is 55.1 Å². The van der Waals surface area contributed by atoms with Crippen LogP contribution >= 0.6 is 15.9 Å². The molecule has 6 heteroatoms. The van der Waals surface area contributed by atoms with Crippen molar-refractivity contribution in [1.29, 1.82) is 0 Å². The predicted octanol–water partition coefficient (Wildman–Crippen LogP) is 2.69. The summed E-state index contributed by atoms with van der Waals surface area (Å²) in [5, 5.41) is 13.1. The molecule has 0 radical (unpaired) electrons. The van der Waals surface area contributed by atoms with Crippen LogP contribution in [0.3, 0.4) is 0 Å². The molecule has 0 atom stereocenters. The molecule has 0 aliphatic carbocycles. The third kappa shape index (κ3) is 2.08. The average molecular weight is 299 g/mol. The highest BCUT2D eigenvalue weighted by molar-refractivity contribution is 9.10. The van der Waals surface area contributed by atoms with Gasteiger partial charge in [-0.3, -0.25) is 4.68 Å². The molecule has 0 saturated carbocycles. The second-order valence-electron chi connectivity index (χ2n) is 3.45. The molecule has 0 spiro atoms. The van der Waals surface area contributed by atoms with Crippen LogP contribution in [0.2, 0.25) is 0 Å². The second-order valence-corrected chi connectivity index (χ2v) is 4.24. The van der Waals surface area contributed by atoms with Crippen molar-refractivity contribution in [2.75, 3.05) is 0 Å². The van der Waals surface area contributed by atoms with E-state index in [4.69, 9.17) is 5.11 Å². The van der Waals surface area contributed by atoms with E-state index in [9.17, 15) is 9.18 Å². The number of nitrogens with zero attached hydrogens (tertiary/aromatic N) is 2. The van der Waals surface area contributed by atoms with Crippen LogP contribution in [0.25, 0.3) is 11.3 Å². The Labute approximate surface area is 105 Å². The molecular formula is C11H8BrFN2O2. The largest absolute Gasteiger partial charge is 0.476 e. The Morgan fingerprint density at radius 1 is 1.41 bits per heavy atom. The minimum absolute atomic E-state index is 0.0596. The van der Waals surface area contributed by atoms with Crippen molar-refractivity contribution in [1.82, 2.24) is 9.78 Å². The van der Waals surface area contributed by atoms with Gasteiger partial charge in [0.1, 0.15) is 11.5 Å². The number of carbonyl (C=O) groups is 1. The van der Waals surface area contributed by atoms with Gasteiger partial charge in [-0.2, -0.15) is 5.10 Å². The van der Waals surface area contributed by atoms with Crippen LogP contribution in [0.4, 0.5) is 4.39 Å². The fourth-order valence-electron chi connectivity index (χ4n) is 1.52. The molecule has 17 heavy (non-hydrogen) atoms. The molecule has 1 aromatic carbocycles. The van der Waals surface area contributed by atoms with Crippen molar-refractivity contribution >= 4 is 21.9 Å². The molecule has 0 fully saturated rings. The number of rotatable bonds is 2. The number of aromatic nitrogens is 2. The molecule has 0 aliphatic heterocycles. The van der Waals surface area contributed by atoms with Gasteiger partial charge >= 0.3 is 5.97 Å². The lowest BCUT2D eigenvalue weighted by Gasteiger charge is -1.97. The highest BCUT2D eigenvalue weighted by atomic mass is 79.9. The van der Waals surface area contributed by atoms with E-state index in [1.54, 1.807) is 19.2 Å². The number of carboxylic acids is 1. The van der Waals surface area contributed by atoms with Crippen LogP contribution < -0.4 is 0 Å². The van der Waals surface area contributed by atoms with Gasteiger partial charge in [0, 0.05) is 12.6 Å². The molecule has 0 bridgehead atoms. The van der Waals surface area contributed by atoms with Crippen molar-refractivity contribution in [3.05, 3.63) is 40.2 Å². The lowest BCUT2D eigenvalue weighted by atomic mass is 10.1. The highest BCUT2D eigenvalue weighted by Crippen LogP contribution is 2.30. The van der Waals surface area contributed by atoms with Gasteiger partial charge in [0.25, 0.3) is 0 Å². The van der Waals surface area contributed by atoms with Gasteiger partial charge < -0.3 is 5.11 Å². The average Bonchev–Trinajstić information content (AvgIpc) is 2.55. The molecule has 0 amide bonds. The first-order valence-corrected chi connectivity index (χ1v) is 5.51. The molecular weight excluding hydrogens is 291 g/mol. The molecule has 2 aromatic rings. The van der Waals surface area contributed by atoms with Crippen LogP contribution in [-0.4, -0.2) is 20.9 Å². The Morgan fingerprint density at radius 2 is 2.00 bits per heavy atom. The van der Waals surface area contributed by atoms with E-state index >= 15 is 0 Å². The summed E-state index contributed by atoms with van der Waals surface area (Å²) in [6.45, 7) is 0. The number of halogens is 2. The maximum Gasteiger partial charge on any atom is 0.355 e. The quantitative estimate of drug-likeness (QED) is 0.927. The summed E-state index contributed by atoms with van der Waals surface area (Å²) < 4.78 is 14.4. The number of aromatic carboxylic acids is 1.